The molecular formula is C14H14O6. The van der Waals surface area contributed by atoms with Gasteiger partial charge in [-0.25, -0.2) is 14.8 Å². The molecule has 0 saturated carbocycles. The van der Waals surface area contributed by atoms with E-state index in [9.17, 15) is 14.8 Å². The maximum Gasteiger partial charge on any atom is 0.348 e. The molecule has 1 aliphatic heterocycles. The summed E-state index contributed by atoms with van der Waals surface area (Å²) in [6, 6.07) is 9.02. The van der Waals surface area contributed by atoms with Crippen LogP contribution in [0.4, 0.5) is 0 Å². The van der Waals surface area contributed by atoms with E-state index in [0.29, 0.717) is 0 Å². The quantitative estimate of drug-likeness (QED) is 0.388. The van der Waals surface area contributed by atoms with Crippen LogP contribution in [0.5, 0.6) is 0 Å². The first-order chi connectivity index (χ1) is 9.54. The zero-order chi connectivity index (χ0) is 14.8. The van der Waals surface area contributed by atoms with Crippen LogP contribution in [-0.4, -0.2) is 30.1 Å². The van der Waals surface area contributed by atoms with Gasteiger partial charge in [-0.3, -0.25) is 0 Å². The van der Waals surface area contributed by atoms with Crippen LogP contribution in [0.3, 0.4) is 0 Å². The van der Waals surface area contributed by atoms with E-state index in [1.54, 1.807) is 24.3 Å². The Hall–Kier alpha value is -2.18. The van der Waals surface area contributed by atoms with Crippen LogP contribution in [0.15, 0.2) is 41.5 Å². The number of carbonyl (C=O) groups excluding carboxylic acids is 2. The Kier molecular flexibility index (Phi) is 3.87. The highest BCUT2D eigenvalue weighted by atomic mass is 17.1. The van der Waals surface area contributed by atoms with Crippen molar-refractivity contribution in [2.45, 2.75) is 19.1 Å². The summed E-state index contributed by atoms with van der Waals surface area (Å²) in [7, 11) is 1.16. The second-order valence-corrected chi connectivity index (χ2v) is 4.39. The molecule has 1 heterocycles. The number of methoxy groups -OCH3 is 1. The number of hydrogen-bond donors (Lipinski definition) is 1. The topological polar surface area (TPSA) is 82.1 Å². The predicted molar refractivity (Wildman–Crippen MR) is 67.4 cm³/mol. The van der Waals surface area contributed by atoms with Gasteiger partial charge in [-0.15, -0.1) is 0 Å². The number of esters is 2. The molecule has 6 nitrogen and oxygen atoms in total. The summed E-state index contributed by atoms with van der Waals surface area (Å²) < 4.78 is 9.59. The van der Waals surface area contributed by atoms with Gasteiger partial charge in [0.1, 0.15) is 0 Å². The average Bonchev–Trinajstić information content (AvgIpc) is 2.71. The highest BCUT2D eigenvalue weighted by molar-refractivity contribution is 6.16. The molecule has 1 aromatic carbocycles. The Morgan fingerprint density at radius 1 is 1.35 bits per heavy atom. The lowest BCUT2D eigenvalue weighted by Crippen LogP contribution is -2.36. The van der Waals surface area contributed by atoms with E-state index in [0.717, 1.165) is 12.7 Å². The lowest BCUT2D eigenvalue weighted by molar-refractivity contribution is -0.372. The number of rotatable bonds is 4. The lowest BCUT2D eigenvalue weighted by atomic mass is 9.97. The van der Waals surface area contributed by atoms with E-state index >= 15 is 0 Å². The first kappa shape index (κ1) is 14.2. The molecule has 6 heteroatoms. The Bertz CT molecular complexity index is 562. The van der Waals surface area contributed by atoms with Crippen molar-refractivity contribution < 1.29 is 29.2 Å². The highest BCUT2D eigenvalue weighted by Crippen LogP contribution is 2.36. The van der Waals surface area contributed by atoms with Crippen molar-refractivity contribution >= 4 is 11.9 Å². The van der Waals surface area contributed by atoms with Crippen molar-refractivity contribution in [3.8, 4) is 0 Å². The van der Waals surface area contributed by atoms with Gasteiger partial charge in [0, 0.05) is 12.0 Å². The fourth-order valence-electron chi connectivity index (χ4n) is 2.11. The summed E-state index contributed by atoms with van der Waals surface area (Å²) >= 11 is 0. The molecule has 0 fully saturated rings. The first-order valence-corrected chi connectivity index (χ1v) is 5.93. The van der Waals surface area contributed by atoms with Crippen LogP contribution in [-0.2, 0) is 30.4 Å². The molecule has 1 atom stereocenters. The van der Waals surface area contributed by atoms with Crippen molar-refractivity contribution in [3.05, 3.63) is 47.0 Å². The van der Waals surface area contributed by atoms with Gasteiger partial charge in [0.05, 0.1) is 7.11 Å². The molecule has 0 spiro atoms. The van der Waals surface area contributed by atoms with Crippen LogP contribution in [0.25, 0.3) is 0 Å². The molecule has 106 valence electrons. The van der Waals surface area contributed by atoms with Crippen molar-refractivity contribution in [2.75, 3.05) is 7.11 Å². The summed E-state index contributed by atoms with van der Waals surface area (Å²) in [5.41, 5.74) is 0.706. The molecule has 1 aromatic rings. The average molecular weight is 278 g/mol. The molecule has 1 unspecified atom stereocenters. The third-order valence-electron chi connectivity index (χ3n) is 3.22. The van der Waals surface area contributed by atoms with Gasteiger partial charge in [-0.05, 0) is 12.5 Å². The number of carbonyl (C=O) groups is 2. The maximum absolute atomic E-state index is 11.8. The van der Waals surface area contributed by atoms with E-state index in [4.69, 9.17) is 4.74 Å². The Morgan fingerprint density at radius 3 is 2.55 bits per heavy atom. The van der Waals surface area contributed by atoms with Gasteiger partial charge in [0.15, 0.2) is 5.57 Å². The van der Waals surface area contributed by atoms with E-state index in [2.05, 4.69) is 9.62 Å². The van der Waals surface area contributed by atoms with Gasteiger partial charge in [-0.2, -0.15) is 4.89 Å². The van der Waals surface area contributed by atoms with Crippen LogP contribution in [0.2, 0.25) is 0 Å². The molecule has 0 saturated heterocycles. The van der Waals surface area contributed by atoms with E-state index in [1.807, 2.05) is 6.07 Å². The largest absolute Gasteiger partial charge is 0.465 e. The summed E-state index contributed by atoms with van der Waals surface area (Å²) in [5, 5.41) is 9.17. The SMILES string of the molecule is COC(=O)C1=C(C)C(Cc2ccccc2)(OO)OC1=O. The molecule has 0 aromatic heterocycles. The predicted octanol–water partition coefficient (Wildman–Crippen LogP) is 1.46. The Labute approximate surface area is 115 Å². The second-order valence-electron chi connectivity index (χ2n) is 4.39. The van der Waals surface area contributed by atoms with Gasteiger partial charge in [0.25, 0.3) is 5.79 Å². The molecule has 0 radical (unpaired) electrons. The van der Waals surface area contributed by atoms with Crippen molar-refractivity contribution in [1.29, 1.82) is 0 Å². The number of hydrogen-bond acceptors (Lipinski definition) is 6. The number of cyclic esters (lactones) is 1. The van der Waals surface area contributed by atoms with Gasteiger partial charge in [-0.1, -0.05) is 30.3 Å². The molecular weight excluding hydrogens is 264 g/mol. The minimum absolute atomic E-state index is 0.0857. The molecule has 1 N–H and O–H groups in total. The minimum Gasteiger partial charge on any atom is -0.465 e. The first-order valence-electron chi connectivity index (χ1n) is 5.93. The monoisotopic (exact) mass is 278 g/mol. The number of ether oxygens (including phenoxy) is 2. The second kappa shape index (κ2) is 5.44. The summed E-state index contributed by atoms with van der Waals surface area (Å²) in [5.74, 6) is -3.39. The Morgan fingerprint density at radius 2 is 2.00 bits per heavy atom. The lowest BCUT2D eigenvalue weighted by Gasteiger charge is -2.25. The summed E-state index contributed by atoms with van der Waals surface area (Å²) in [6.07, 6.45) is 0.0857. The standard InChI is InChI=1S/C14H14O6/c1-9-11(12(15)18-2)13(16)19-14(9,20-17)8-10-6-4-3-5-7-10/h3-7,17H,8H2,1-2H3. The molecule has 0 aliphatic carbocycles. The van der Waals surface area contributed by atoms with Crippen molar-refractivity contribution in [2.24, 2.45) is 0 Å². The fraction of sp³-hybridized carbons (Fsp3) is 0.286. The van der Waals surface area contributed by atoms with E-state index in [-0.39, 0.29) is 17.6 Å². The van der Waals surface area contributed by atoms with Gasteiger partial charge >= 0.3 is 11.9 Å². The van der Waals surface area contributed by atoms with E-state index in [1.165, 1.54) is 6.92 Å². The smallest absolute Gasteiger partial charge is 0.348 e. The maximum atomic E-state index is 11.8. The molecule has 2 rings (SSSR count). The van der Waals surface area contributed by atoms with Crippen LogP contribution < -0.4 is 0 Å². The Balaban J connectivity index is 2.39. The molecule has 1 aliphatic rings. The number of benzene rings is 1. The van der Waals surface area contributed by atoms with Crippen LogP contribution in [0.1, 0.15) is 12.5 Å². The van der Waals surface area contributed by atoms with Crippen LogP contribution >= 0.6 is 0 Å². The summed E-state index contributed by atoms with van der Waals surface area (Å²) in [6.45, 7) is 1.48. The highest BCUT2D eigenvalue weighted by Gasteiger charge is 2.50. The van der Waals surface area contributed by atoms with Crippen molar-refractivity contribution in [1.82, 2.24) is 0 Å². The fourth-order valence-corrected chi connectivity index (χ4v) is 2.11. The minimum atomic E-state index is -1.69. The zero-order valence-electron chi connectivity index (χ0n) is 11.1. The van der Waals surface area contributed by atoms with Crippen molar-refractivity contribution in [3.63, 3.8) is 0 Å². The summed E-state index contributed by atoms with van der Waals surface area (Å²) in [4.78, 5) is 27.8. The third-order valence-corrected chi connectivity index (χ3v) is 3.22. The van der Waals surface area contributed by atoms with Gasteiger partial charge in [0.2, 0.25) is 0 Å². The molecule has 20 heavy (non-hydrogen) atoms. The van der Waals surface area contributed by atoms with E-state index < -0.39 is 17.7 Å². The third kappa shape index (κ3) is 2.31. The van der Waals surface area contributed by atoms with Gasteiger partial charge < -0.3 is 9.47 Å². The molecule has 0 amide bonds. The molecule has 0 bridgehead atoms. The van der Waals surface area contributed by atoms with Crippen LogP contribution in [0, 0.1) is 0 Å². The normalized spacial score (nSPS) is 21.9. The zero-order valence-corrected chi connectivity index (χ0v) is 11.1.